The predicted molar refractivity (Wildman–Crippen MR) is 62.5 cm³/mol. The van der Waals surface area contributed by atoms with E-state index in [0.717, 1.165) is 16.6 Å². The maximum Gasteiger partial charge on any atom is 0.229 e. The van der Waals surface area contributed by atoms with Gasteiger partial charge in [-0.3, -0.25) is 4.79 Å². The number of amides is 1. The van der Waals surface area contributed by atoms with Crippen LogP contribution in [0, 0.1) is 5.92 Å². The van der Waals surface area contributed by atoms with Crippen molar-refractivity contribution in [1.82, 2.24) is 4.98 Å². The quantitative estimate of drug-likeness (QED) is 0.917. The largest absolute Gasteiger partial charge is 0.302 e. The van der Waals surface area contributed by atoms with E-state index in [2.05, 4.69) is 26.2 Å². The summed E-state index contributed by atoms with van der Waals surface area (Å²) >= 11 is 4.73. The molecule has 0 atom stereocenters. The SMILES string of the molecule is CCC(CC)C(=O)Nc1ncc(Br)s1. The van der Waals surface area contributed by atoms with E-state index in [4.69, 9.17) is 0 Å². The van der Waals surface area contributed by atoms with Gasteiger partial charge in [0.25, 0.3) is 0 Å². The summed E-state index contributed by atoms with van der Waals surface area (Å²) in [5.41, 5.74) is 0. The van der Waals surface area contributed by atoms with Crippen molar-refractivity contribution in [1.29, 1.82) is 0 Å². The number of carbonyl (C=O) groups is 1. The van der Waals surface area contributed by atoms with Crippen LogP contribution in [-0.2, 0) is 4.79 Å². The van der Waals surface area contributed by atoms with Crippen molar-refractivity contribution >= 4 is 38.3 Å². The monoisotopic (exact) mass is 276 g/mol. The van der Waals surface area contributed by atoms with Crippen LogP contribution in [0.15, 0.2) is 9.98 Å². The zero-order valence-corrected chi connectivity index (χ0v) is 10.6. The fraction of sp³-hybridized carbons (Fsp3) is 0.556. The third-order valence-corrected chi connectivity index (χ3v) is 3.46. The van der Waals surface area contributed by atoms with Gasteiger partial charge in [-0.25, -0.2) is 4.98 Å². The molecular weight excluding hydrogens is 264 g/mol. The molecular formula is C9H13BrN2OS. The standard InChI is InChI=1S/C9H13BrN2OS/c1-3-6(4-2)8(13)12-9-11-5-7(10)14-9/h5-6H,3-4H2,1-2H3,(H,11,12,13). The van der Waals surface area contributed by atoms with Crippen LogP contribution in [0.3, 0.4) is 0 Å². The molecule has 0 unspecified atom stereocenters. The van der Waals surface area contributed by atoms with Gasteiger partial charge in [0, 0.05) is 5.92 Å². The van der Waals surface area contributed by atoms with Crippen molar-refractivity contribution in [2.24, 2.45) is 5.92 Å². The van der Waals surface area contributed by atoms with Crippen LogP contribution in [-0.4, -0.2) is 10.9 Å². The van der Waals surface area contributed by atoms with E-state index in [1.54, 1.807) is 6.20 Å². The van der Waals surface area contributed by atoms with Gasteiger partial charge in [-0.05, 0) is 28.8 Å². The zero-order chi connectivity index (χ0) is 10.6. The van der Waals surface area contributed by atoms with Gasteiger partial charge in [-0.15, -0.1) is 0 Å². The van der Waals surface area contributed by atoms with Crippen LogP contribution in [0.4, 0.5) is 5.13 Å². The molecule has 14 heavy (non-hydrogen) atoms. The van der Waals surface area contributed by atoms with Gasteiger partial charge in [0.2, 0.25) is 5.91 Å². The highest BCUT2D eigenvalue weighted by Crippen LogP contribution is 2.24. The molecule has 78 valence electrons. The average molecular weight is 277 g/mol. The lowest BCUT2D eigenvalue weighted by Gasteiger charge is -2.10. The Bertz CT molecular complexity index is 310. The highest BCUT2D eigenvalue weighted by Gasteiger charge is 2.15. The smallest absolute Gasteiger partial charge is 0.229 e. The second-order valence-electron chi connectivity index (χ2n) is 2.97. The Morgan fingerprint density at radius 2 is 2.29 bits per heavy atom. The Balaban J connectivity index is 2.56. The number of nitrogens with zero attached hydrogens (tertiary/aromatic N) is 1. The van der Waals surface area contributed by atoms with Crippen LogP contribution in [0.5, 0.6) is 0 Å². The summed E-state index contributed by atoms with van der Waals surface area (Å²) in [6.45, 7) is 4.04. The summed E-state index contributed by atoms with van der Waals surface area (Å²) in [6, 6.07) is 0. The van der Waals surface area contributed by atoms with Crippen molar-refractivity contribution in [3.05, 3.63) is 9.98 Å². The highest BCUT2D eigenvalue weighted by atomic mass is 79.9. The summed E-state index contributed by atoms with van der Waals surface area (Å²) in [4.78, 5) is 15.7. The van der Waals surface area contributed by atoms with E-state index in [1.807, 2.05) is 13.8 Å². The first kappa shape index (κ1) is 11.7. The van der Waals surface area contributed by atoms with Crippen LogP contribution < -0.4 is 5.32 Å². The molecule has 1 aromatic rings. The van der Waals surface area contributed by atoms with E-state index in [0.29, 0.717) is 5.13 Å². The van der Waals surface area contributed by atoms with Crippen LogP contribution in [0.25, 0.3) is 0 Å². The molecule has 0 saturated carbocycles. The van der Waals surface area contributed by atoms with E-state index in [1.165, 1.54) is 11.3 Å². The molecule has 5 heteroatoms. The summed E-state index contributed by atoms with van der Waals surface area (Å²) in [7, 11) is 0. The number of hydrogen-bond donors (Lipinski definition) is 1. The maximum atomic E-state index is 11.6. The minimum Gasteiger partial charge on any atom is -0.302 e. The molecule has 0 radical (unpaired) electrons. The first-order valence-corrected chi connectivity index (χ1v) is 6.20. The Labute approximate surface area is 96.1 Å². The molecule has 0 spiro atoms. The fourth-order valence-electron chi connectivity index (χ4n) is 1.18. The normalized spacial score (nSPS) is 10.6. The highest BCUT2D eigenvalue weighted by molar-refractivity contribution is 9.11. The van der Waals surface area contributed by atoms with Crippen LogP contribution >= 0.6 is 27.3 Å². The first-order valence-electron chi connectivity index (χ1n) is 4.59. The predicted octanol–water partition coefficient (Wildman–Crippen LogP) is 3.28. The Morgan fingerprint density at radius 3 is 2.71 bits per heavy atom. The van der Waals surface area contributed by atoms with Gasteiger partial charge < -0.3 is 5.32 Å². The van der Waals surface area contributed by atoms with E-state index in [9.17, 15) is 4.79 Å². The first-order chi connectivity index (χ1) is 6.67. The third-order valence-electron chi connectivity index (χ3n) is 2.06. The minimum atomic E-state index is 0.0665. The second-order valence-corrected chi connectivity index (χ2v) is 5.38. The Hall–Kier alpha value is -0.420. The number of hydrogen-bond acceptors (Lipinski definition) is 3. The van der Waals surface area contributed by atoms with Crippen molar-refractivity contribution in [2.45, 2.75) is 26.7 Å². The van der Waals surface area contributed by atoms with Crippen molar-refractivity contribution in [2.75, 3.05) is 5.32 Å². The molecule has 0 aliphatic carbocycles. The van der Waals surface area contributed by atoms with Gasteiger partial charge >= 0.3 is 0 Å². The van der Waals surface area contributed by atoms with E-state index < -0.39 is 0 Å². The summed E-state index contributed by atoms with van der Waals surface area (Å²) < 4.78 is 0.928. The molecule has 0 aromatic carbocycles. The van der Waals surface area contributed by atoms with Crippen LogP contribution in [0.1, 0.15) is 26.7 Å². The summed E-state index contributed by atoms with van der Waals surface area (Å²) in [5.74, 6) is 0.162. The van der Waals surface area contributed by atoms with Gasteiger partial charge in [-0.1, -0.05) is 25.2 Å². The van der Waals surface area contributed by atoms with Gasteiger partial charge in [0.15, 0.2) is 5.13 Å². The summed E-state index contributed by atoms with van der Waals surface area (Å²) in [5, 5.41) is 3.46. The Kier molecular flexibility index (Phi) is 4.54. The summed E-state index contributed by atoms with van der Waals surface area (Å²) in [6.07, 6.45) is 3.43. The van der Waals surface area contributed by atoms with Crippen molar-refractivity contribution in [3.8, 4) is 0 Å². The molecule has 1 rings (SSSR count). The molecule has 0 bridgehead atoms. The van der Waals surface area contributed by atoms with Gasteiger partial charge in [0.05, 0.1) is 9.98 Å². The number of rotatable bonds is 4. The van der Waals surface area contributed by atoms with E-state index >= 15 is 0 Å². The lowest BCUT2D eigenvalue weighted by Crippen LogP contribution is -2.21. The molecule has 1 aromatic heterocycles. The number of halogens is 1. The number of anilines is 1. The molecule has 1 heterocycles. The average Bonchev–Trinajstić information content (AvgIpc) is 2.53. The third kappa shape index (κ3) is 3.06. The topological polar surface area (TPSA) is 42.0 Å². The van der Waals surface area contributed by atoms with Gasteiger partial charge in [0.1, 0.15) is 0 Å². The molecule has 0 aliphatic heterocycles. The maximum absolute atomic E-state index is 11.6. The van der Waals surface area contributed by atoms with Crippen molar-refractivity contribution in [3.63, 3.8) is 0 Å². The lowest BCUT2D eigenvalue weighted by molar-refractivity contribution is -0.120. The lowest BCUT2D eigenvalue weighted by atomic mass is 10.0. The Morgan fingerprint density at radius 1 is 1.64 bits per heavy atom. The minimum absolute atomic E-state index is 0.0665. The number of carbonyl (C=O) groups excluding carboxylic acids is 1. The molecule has 0 saturated heterocycles. The number of thiazole rings is 1. The fourth-order valence-corrected chi connectivity index (χ4v) is 2.29. The molecule has 0 aliphatic rings. The molecule has 3 nitrogen and oxygen atoms in total. The second kappa shape index (κ2) is 5.46. The zero-order valence-electron chi connectivity index (χ0n) is 8.21. The van der Waals surface area contributed by atoms with Gasteiger partial charge in [-0.2, -0.15) is 0 Å². The molecule has 1 amide bonds. The number of aromatic nitrogens is 1. The van der Waals surface area contributed by atoms with Crippen molar-refractivity contribution < 1.29 is 4.79 Å². The van der Waals surface area contributed by atoms with E-state index in [-0.39, 0.29) is 11.8 Å². The van der Waals surface area contributed by atoms with Crippen LogP contribution in [0.2, 0.25) is 0 Å². The molecule has 1 N–H and O–H groups in total. The molecule has 0 fully saturated rings. The number of nitrogens with one attached hydrogen (secondary N) is 1.